The van der Waals surface area contributed by atoms with Gasteiger partial charge >= 0.3 is 6.03 Å². The molecule has 0 bridgehead atoms. The van der Waals surface area contributed by atoms with Crippen molar-refractivity contribution in [1.29, 1.82) is 0 Å². The predicted molar refractivity (Wildman–Crippen MR) is 91.2 cm³/mol. The van der Waals surface area contributed by atoms with Crippen LogP contribution < -0.4 is 10.1 Å². The molecule has 0 spiro atoms. The highest BCUT2D eigenvalue weighted by molar-refractivity contribution is 5.89. The molecule has 2 aromatic rings. The molecular weight excluding hydrogens is 306 g/mol. The molecule has 3 amide bonds. The normalized spacial score (nSPS) is 14.2. The Hall–Kier alpha value is -3.02. The van der Waals surface area contributed by atoms with Crippen molar-refractivity contribution in [2.45, 2.75) is 0 Å². The van der Waals surface area contributed by atoms with Crippen LogP contribution in [-0.4, -0.2) is 48.4 Å². The number of amides is 3. The third-order valence-corrected chi connectivity index (χ3v) is 3.84. The molecule has 6 nitrogen and oxygen atoms in total. The minimum absolute atomic E-state index is 0.155. The third-order valence-electron chi connectivity index (χ3n) is 3.84. The van der Waals surface area contributed by atoms with Gasteiger partial charge in [0.15, 0.2) is 0 Å². The molecule has 2 aromatic carbocycles. The number of urea groups is 1. The van der Waals surface area contributed by atoms with Crippen LogP contribution in [0.4, 0.5) is 10.5 Å². The number of para-hydroxylation sites is 1. The first-order valence-electron chi connectivity index (χ1n) is 7.83. The molecule has 1 aliphatic heterocycles. The van der Waals surface area contributed by atoms with E-state index in [2.05, 4.69) is 5.32 Å². The zero-order valence-corrected chi connectivity index (χ0v) is 13.2. The smallest absolute Gasteiger partial charge is 0.321 e. The van der Waals surface area contributed by atoms with Crippen LogP contribution in [0.15, 0.2) is 54.6 Å². The van der Waals surface area contributed by atoms with Gasteiger partial charge in [0, 0.05) is 31.9 Å². The van der Waals surface area contributed by atoms with Gasteiger partial charge in [-0.25, -0.2) is 4.79 Å². The first-order chi connectivity index (χ1) is 11.7. The molecule has 0 atom stereocenters. The van der Waals surface area contributed by atoms with E-state index in [0.29, 0.717) is 37.6 Å². The van der Waals surface area contributed by atoms with E-state index >= 15 is 0 Å². The summed E-state index contributed by atoms with van der Waals surface area (Å²) in [5, 5.41) is 2.86. The molecule has 0 radical (unpaired) electrons. The van der Waals surface area contributed by atoms with Crippen molar-refractivity contribution in [3.05, 3.63) is 54.6 Å². The molecule has 1 fully saturated rings. The Morgan fingerprint density at radius 3 is 2.17 bits per heavy atom. The SMILES string of the molecule is O=CN1CCN(C(=O)Nc2ccc(Oc3ccccc3)cc2)CC1. The van der Waals surface area contributed by atoms with Gasteiger partial charge < -0.3 is 19.9 Å². The van der Waals surface area contributed by atoms with E-state index in [1.165, 1.54) is 0 Å². The van der Waals surface area contributed by atoms with Gasteiger partial charge in [-0.2, -0.15) is 0 Å². The third kappa shape index (κ3) is 4.04. The van der Waals surface area contributed by atoms with Crippen LogP contribution in [0, 0.1) is 0 Å². The number of hydrogen-bond donors (Lipinski definition) is 1. The number of piperazine rings is 1. The van der Waals surface area contributed by atoms with E-state index < -0.39 is 0 Å². The molecule has 0 unspecified atom stereocenters. The van der Waals surface area contributed by atoms with Gasteiger partial charge in [0.25, 0.3) is 0 Å². The zero-order valence-electron chi connectivity index (χ0n) is 13.2. The molecule has 0 saturated carbocycles. The van der Waals surface area contributed by atoms with Crippen molar-refractivity contribution in [2.24, 2.45) is 0 Å². The van der Waals surface area contributed by atoms with Gasteiger partial charge in [0.05, 0.1) is 0 Å². The fourth-order valence-corrected chi connectivity index (χ4v) is 2.46. The van der Waals surface area contributed by atoms with E-state index in [0.717, 1.165) is 12.2 Å². The second kappa shape index (κ2) is 7.50. The quantitative estimate of drug-likeness (QED) is 0.879. The lowest BCUT2D eigenvalue weighted by atomic mass is 10.3. The molecule has 3 rings (SSSR count). The Labute approximate surface area is 140 Å². The summed E-state index contributed by atoms with van der Waals surface area (Å²) in [6.07, 6.45) is 0.820. The molecular formula is C18H19N3O3. The Morgan fingerprint density at radius 2 is 1.54 bits per heavy atom. The average molecular weight is 325 g/mol. The van der Waals surface area contributed by atoms with Crippen molar-refractivity contribution in [3.63, 3.8) is 0 Å². The van der Waals surface area contributed by atoms with Crippen LogP contribution in [0.5, 0.6) is 11.5 Å². The van der Waals surface area contributed by atoms with Gasteiger partial charge in [-0.3, -0.25) is 4.79 Å². The van der Waals surface area contributed by atoms with Crippen LogP contribution in [0.3, 0.4) is 0 Å². The Morgan fingerprint density at radius 1 is 0.917 bits per heavy atom. The number of nitrogens with one attached hydrogen (secondary N) is 1. The number of carbonyl (C=O) groups excluding carboxylic acids is 2. The number of rotatable bonds is 4. The zero-order chi connectivity index (χ0) is 16.8. The molecule has 1 heterocycles. The molecule has 24 heavy (non-hydrogen) atoms. The average Bonchev–Trinajstić information content (AvgIpc) is 2.64. The topological polar surface area (TPSA) is 61.9 Å². The fraction of sp³-hybridized carbons (Fsp3) is 0.222. The second-order valence-electron chi connectivity index (χ2n) is 5.50. The van der Waals surface area contributed by atoms with E-state index in [1.807, 2.05) is 42.5 Å². The fourth-order valence-electron chi connectivity index (χ4n) is 2.46. The van der Waals surface area contributed by atoms with Crippen molar-refractivity contribution >= 4 is 18.1 Å². The van der Waals surface area contributed by atoms with Gasteiger partial charge in [0.1, 0.15) is 11.5 Å². The number of hydrogen-bond acceptors (Lipinski definition) is 3. The summed E-state index contributed by atoms with van der Waals surface area (Å²) in [6, 6.07) is 16.6. The monoisotopic (exact) mass is 325 g/mol. The maximum Gasteiger partial charge on any atom is 0.321 e. The number of nitrogens with zero attached hydrogens (tertiary/aromatic N) is 2. The van der Waals surface area contributed by atoms with Crippen LogP contribution in [0.2, 0.25) is 0 Å². The lowest BCUT2D eigenvalue weighted by Crippen LogP contribution is -2.49. The van der Waals surface area contributed by atoms with Crippen molar-refractivity contribution in [2.75, 3.05) is 31.5 Å². The Bertz CT molecular complexity index is 680. The summed E-state index contributed by atoms with van der Waals surface area (Å²) in [7, 11) is 0. The maximum atomic E-state index is 12.2. The maximum absolute atomic E-state index is 12.2. The Balaban J connectivity index is 1.54. The highest BCUT2D eigenvalue weighted by Crippen LogP contribution is 2.22. The summed E-state index contributed by atoms with van der Waals surface area (Å²) < 4.78 is 5.72. The summed E-state index contributed by atoms with van der Waals surface area (Å²) in [5.74, 6) is 1.47. The summed E-state index contributed by atoms with van der Waals surface area (Å²) in [5.41, 5.74) is 0.707. The minimum Gasteiger partial charge on any atom is -0.457 e. The number of benzene rings is 2. The van der Waals surface area contributed by atoms with Crippen LogP contribution in [-0.2, 0) is 4.79 Å². The Kier molecular flexibility index (Phi) is 4.96. The molecule has 1 saturated heterocycles. The minimum atomic E-state index is -0.155. The van der Waals surface area contributed by atoms with Crippen molar-refractivity contribution in [3.8, 4) is 11.5 Å². The van der Waals surface area contributed by atoms with Crippen molar-refractivity contribution < 1.29 is 14.3 Å². The first kappa shape index (κ1) is 15.9. The number of carbonyl (C=O) groups is 2. The van der Waals surface area contributed by atoms with Crippen LogP contribution in [0.25, 0.3) is 0 Å². The summed E-state index contributed by atoms with van der Waals surface area (Å²) in [6.45, 7) is 2.22. The lowest BCUT2D eigenvalue weighted by Gasteiger charge is -2.32. The second-order valence-corrected chi connectivity index (χ2v) is 5.50. The molecule has 124 valence electrons. The highest BCUT2D eigenvalue weighted by atomic mass is 16.5. The van der Waals surface area contributed by atoms with E-state index in [1.54, 1.807) is 21.9 Å². The lowest BCUT2D eigenvalue weighted by molar-refractivity contribution is -0.119. The van der Waals surface area contributed by atoms with Gasteiger partial charge in [-0.15, -0.1) is 0 Å². The molecule has 1 N–H and O–H groups in total. The van der Waals surface area contributed by atoms with E-state index in [4.69, 9.17) is 4.74 Å². The first-order valence-corrected chi connectivity index (χ1v) is 7.83. The van der Waals surface area contributed by atoms with E-state index in [-0.39, 0.29) is 6.03 Å². The summed E-state index contributed by atoms with van der Waals surface area (Å²) >= 11 is 0. The predicted octanol–water partition coefficient (Wildman–Crippen LogP) is 2.78. The van der Waals surface area contributed by atoms with Crippen LogP contribution >= 0.6 is 0 Å². The summed E-state index contributed by atoms with van der Waals surface area (Å²) in [4.78, 5) is 26.3. The van der Waals surface area contributed by atoms with E-state index in [9.17, 15) is 9.59 Å². The van der Waals surface area contributed by atoms with Gasteiger partial charge in [-0.1, -0.05) is 18.2 Å². The van der Waals surface area contributed by atoms with Crippen molar-refractivity contribution in [1.82, 2.24) is 9.80 Å². The van der Waals surface area contributed by atoms with Gasteiger partial charge in [-0.05, 0) is 36.4 Å². The van der Waals surface area contributed by atoms with Gasteiger partial charge in [0.2, 0.25) is 6.41 Å². The number of ether oxygens (including phenoxy) is 1. The largest absolute Gasteiger partial charge is 0.457 e. The standard InChI is InChI=1S/C18H19N3O3/c22-14-20-10-12-21(13-11-20)18(23)19-15-6-8-17(9-7-15)24-16-4-2-1-3-5-16/h1-9,14H,10-13H2,(H,19,23). The molecule has 0 aromatic heterocycles. The molecule has 6 heteroatoms. The van der Waals surface area contributed by atoms with Crippen LogP contribution in [0.1, 0.15) is 0 Å². The molecule has 1 aliphatic rings. The molecule has 0 aliphatic carbocycles. The number of anilines is 1. The highest BCUT2D eigenvalue weighted by Gasteiger charge is 2.19.